The van der Waals surface area contributed by atoms with Crippen LogP contribution in [-0.4, -0.2) is 12.5 Å². The molecule has 1 heterocycles. The van der Waals surface area contributed by atoms with Crippen molar-refractivity contribution in [1.82, 2.24) is 10.9 Å². The molecule has 90 valence electrons. The lowest BCUT2D eigenvalue weighted by atomic mass is 10.0. The average Bonchev–Trinajstić information content (AvgIpc) is 2.74. The van der Waals surface area contributed by atoms with Gasteiger partial charge in [-0.2, -0.15) is 0 Å². The van der Waals surface area contributed by atoms with E-state index in [1.807, 2.05) is 6.08 Å². The zero-order valence-electron chi connectivity index (χ0n) is 10.1. The quantitative estimate of drug-likeness (QED) is 0.777. The summed E-state index contributed by atoms with van der Waals surface area (Å²) in [6, 6.07) is 8.43. The van der Waals surface area contributed by atoms with Crippen molar-refractivity contribution in [1.29, 1.82) is 0 Å². The summed E-state index contributed by atoms with van der Waals surface area (Å²) in [5.74, 6) is -0.0277. The monoisotopic (exact) mass is 230 g/mol. The van der Waals surface area contributed by atoms with Gasteiger partial charge in [-0.25, -0.2) is 5.43 Å². The molecular formula is C14H18N2O. The van der Waals surface area contributed by atoms with Gasteiger partial charge in [0.05, 0.1) is 0 Å². The third kappa shape index (κ3) is 3.17. The lowest BCUT2D eigenvalue weighted by Crippen LogP contribution is -2.25. The molecule has 0 radical (unpaired) electrons. The molecule has 3 heteroatoms. The average molecular weight is 230 g/mol. The summed E-state index contributed by atoms with van der Waals surface area (Å²) in [6.45, 7) is 2.79. The Kier molecular flexibility index (Phi) is 3.94. The van der Waals surface area contributed by atoms with E-state index in [0.717, 1.165) is 17.6 Å². The van der Waals surface area contributed by atoms with E-state index < -0.39 is 0 Å². The van der Waals surface area contributed by atoms with E-state index in [0.29, 0.717) is 6.54 Å². The van der Waals surface area contributed by atoms with Crippen LogP contribution >= 0.6 is 0 Å². The van der Waals surface area contributed by atoms with E-state index in [1.54, 1.807) is 0 Å². The molecule has 2 N–H and O–H groups in total. The van der Waals surface area contributed by atoms with E-state index in [4.69, 9.17) is 0 Å². The topological polar surface area (TPSA) is 41.1 Å². The second-order valence-corrected chi connectivity index (χ2v) is 4.32. The third-order valence-corrected chi connectivity index (χ3v) is 2.91. The summed E-state index contributed by atoms with van der Waals surface area (Å²) in [7, 11) is 0. The van der Waals surface area contributed by atoms with E-state index >= 15 is 0 Å². The number of nitrogens with one attached hydrogen (secondary N) is 2. The summed E-state index contributed by atoms with van der Waals surface area (Å²) in [6.07, 6.45) is 5.51. The maximum atomic E-state index is 11.3. The number of benzene rings is 1. The van der Waals surface area contributed by atoms with Crippen molar-refractivity contribution in [2.45, 2.75) is 26.2 Å². The Hall–Kier alpha value is -1.61. The highest BCUT2D eigenvalue weighted by atomic mass is 16.2. The summed E-state index contributed by atoms with van der Waals surface area (Å²) in [5.41, 5.74) is 8.62. The highest BCUT2D eigenvalue weighted by Gasteiger charge is 2.14. The number of carbonyl (C=O) groups is 1. The van der Waals surface area contributed by atoms with E-state index in [9.17, 15) is 4.79 Å². The van der Waals surface area contributed by atoms with Gasteiger partial charge in [-0.3, -0.25) is 10.2 Å². The molecule has 1 aromatic rings. The minimum absolute atomic E-state index is 0.0277. The van der Waals surface area contributed by atoms with Gasteiger partial charge in [-0.05, 0) is 30.0 Å². The first-order chi connectivity index (χ1) is 8.29. The fraction of sp³-hybridized carbons (Fsp3) is 0.357. The van der Waals surface area contributed by atoms with Crippen LogP contribution in [0, 0.1) is 0 Å². The summed E-state index contributed by atoms with van der Waals surface area (Å²) in [4.78, 5) is 11.3. The molecule has 3 nitrogen and oxygen atoms in total. The van der Waals surface area contributed by atoms with Crippen LogP contribution in [0.4, 0.5) is 0 Å². The number of unbranched alkanes of at least 4 members (excludes halogenated alkanes) is 1. The molecule has 17 heavy (non-hydrogen) atoms. The number of rotatable bonds is 4. The standard InChI is InChI=1S/C14H18N2O/c1-2-3-4-11-5-7-12(8-6-11)9-13-10-15-16-14(13)17/h5-9,15H,2-4,10H2,1H3,(H,16,17)/b13-9+. The molecule has 1 saturated heterocycles. The summed E-state index contributed by atoms with van der Waals surface area (Å²) < 4.78 is 0. The fourth-order valence-electron chi connectivity index (χ4n) is 1.86. The molecule has 0 spiro atoms. The third-order valence-electron chi connectivity index (χ3n) is 2.91. The van der Waals surface area contributed by atoms with Crippen molar-refractivity contribution >= 4 is 12.0 Å². The zero-order chi connectivity index (χ0) is 12.1. The Morgan fingerprint density at radius 1 is 1.29 bits per heavy atom. The van der Waals surface area contributed by atoms with Crippen LogP contribution in [0.2, 0.25) is 0 Å². The molecule has 2 rings (SSSR count). The molecule has 0 aromatic heterocycles. The molecule has 1 aliphatic rings. The summed E-state index contributed by atoms with van der Waals surface area (Å²) in [5, 5.41) is 0. The largest absolute Gasteiger partial charge is 0.287 e. The molecule has 1 aliphatic heterocycles. The van der Waals surface area contributed by atoms with Gasteiger partial charge in [0.1, 0.15) is 0 Å². The highest BCUT2D eigenvalue weighted by molar-refractivity contribution is 5.99. The molecular weight excluding hydrogens is 212 g/mol. The summed E-state index contributed by atoms with van der Waals surface area (Å²) >= 11 is 0. The Balaban J connectivity index is 2.05. The van der Waals surface area contributed by atoms with Crippen molar-refractivity contribution in [2.75, 3.05) is 6.54 Å². The molecule has 1 amide bonds. The highest BCUT2D eigenvalue weighted by Crippen LogP contribution is 2.12. The van der Waals surface area contributed by atoms with Gasteiger partial charge in [-0.1, -0.05) is 37.6 Å². The zero-order valence-corrected chi connectivity index (χ0v) is 10.1. The predicted molar refractivity (Wildman–Crippen MR) is 69.2 cm³/mol. The van der Waals surface area contributed by atoms with Gasteiger partial charge in [-0.15, -0.1) is 0 Å². The maximum Gasteiger partial charge on any atom is 0.262 e. The number of hydrogen-bond acceptors (Lipinski definition) is 2. The number of amides is 1. The smallest absolute Gasteiger partial charge is 0.262 e. The molecule has 1 fully saturated rings. The Labute approximate surface area is 102 Å². The molecule has 0 saturated carbocycles. The molecule has 0 bridgehead atoms. The van der Waals surface area contributed by atoms with Crippen molar-refractivity contribution < 1.29 is 4.79 Å². The maximum absolute atomic E-state index is 11.3. The van der Waals surface area contributed by atoms with Crippen LogP contribution < -0.4 is 10.9 Å². The van der Waals surface area contributed by atoms with Crippen molar-refractivity contribution in [3.63, 3.8) is 0 Å². The van der Waals surface area contributed by atoms with Gasteiger partial charge in [0, 0.05) is 12.1 Å². The minimum Gasteiger partial charge on any atom is -0.287 e. The SMILES string of the molecule is CCCCc1ccc(/C=C2\CNNC2=O)cc1. The van der Waals surface area contributed by atoms with Gasteiger partial charge in [0.2, 0.25) is 0 Å². The van der Waals surface area contributed by atoms with Crippen molar-refractivity contribution in [3.8, 4) is 0 Å². The lowest BCUT2D eigenvalue weighted by Gasteiger charge is -2.01. The van der Waals surface area contributed by atoms with Crippen LogP contribution in [0.5, 0.6) is 0 Å². The number of hydrazine groups is 1. The van der Waals surface area contributed by atoms with Crippen LogP contribution in [-0.2, 0) is 11.2 Å². The van der Waals surface area contributed by atoms with E-state index in [2.05, 4.69) is 42.0 Å². The van der Waals surface area contributed by atoms with Crippen LogP contribution in [0.15, 0.2) is 29.8 Å². The van der Waals surface area contributed by atoms with Gasteiger partial charge < -0.3 is 0 Å². The van der Waals surface area contributed by atoms with Crippen LogP contribution in [0.25, 0.3) is 6.08 Å². The molecule has 1 aromatic carbocycles. The fourth-order valence-corrected chi connectivity index (χ4v) is 1.86. The molecule has 0 unspecified atom stereocenters. The number of hydrogen-bond donors (Lipinski definition) is 2. The second kappa shape index (κ2) is 5.64. The van der Waals surface area contributed by atoms with Gasteiger partial charge in [0.15, 0.2) is 0 Å². The first kappa shape index (κ1) is 11.9. The Bertz CT molecular complexity index is 420. The Morgan fingerprint density at radius 2 is 2.06 bits per heavy atom. The minimum atomic E-state index is -0.0277. The van der Waals surface area contributed by atoms with E-state index in [-0.39, 0.29) is 5.91 Å². The predicted octanol–water partition coefficient (Wildman–Crippen LogP) is 2.05. The van der Waals surface area contributed by atoms with Crippen LogP contribution in [0.3, 0.4) is 0 Å². The van der Waals surface area contributed by atoms with Gasteiger partial charge in [0.25, 0.3) is 5.91 Å². The first-order valence-electron chi connectivity index (χ1n) is 6.12. The van der Waals surface area contributed by atoms with Crippen molar-refractivity contribution in [2.24, 2.45) is 0 Å². The van der Waals surface area contributed by atoms with Gasteiger partial charge >= 0.3 is 0 Å². The lowest BCUT2D eigenvalue weighted by molar-refractivity contribution is -0.116. The number of aryl methyl sites for hydroxylation is 1. The van der Waals surface area contributed by atoms with Crippen molar-refractivity contribution in [3.05, 3.63) is 41.0 Å². The molecule has 0 atom stereocenters. The Morgan fingerprint density at radius 3 is 2.65 bits per heavy atom. The molecule has 0 aliphatic carbocycles. The van der Waals surface area contributed by atoms with E-state index in [1.165, 1.54) is 18.4 Å². The second-order valence-electron chi connectivity index (χ2n) is 4.32. The first-order valence-corrected chi connectivity index (χ1v) is 6.12. The normalized spacial score (nSPS) is 17.5. The number of carbonyl (C=O) groups excluding carboxylic acids is 1. The van der Waals surface area contributed by atoms with Crippen LogP contribution in [0.1, 0.15) is 30.9 Å².